The first-order valence-electron chi connectivity index (χ1n) is 9.91. The van der Waals surface area contributed by atoms with E-state index in [-0.39, 0.29) is 5.41 Å². The molecule has 1 aromatic heterocycles. The van der Waals surface area contributed by atoms with Crippen molar-refractivity contribution >= 4 is 17.5 Å². The maximum absolute atomic E-state index is 12.3. The molecular formula is C24H28ClN3O2. The molecule has 0 fully saturated rings. The van der Waals surface area contributed by atoms with Crippen LogP contribution < -0.4 is 5.73 Å². The van der Waals surface area contributed by atoms with Gasteiger partial charge in [-0.05, 0) is 11.0 Å². The lowest BCUT2D eigenvalue weighted by Gasteiger charge is -2.34. The molecule has 2 aromatic carbocycles. The number of amides is 1. The van der Waals surface area contributed by atoms with Crippen LogP contribution in [0.5, 0.6) is 0 Å². The minimum absolute atomic E-state index is 0.354. The highest BCUT2D eigenvalue weighted by Crippen LogP contribution is 2.42. The lowest BCUT2D eigenvalue weighted by Crippen LogP contribution is -2.42. The summed E-state index contributed by atoms with van der Waals surface area (Å²) in [6.07, 6.45) is -0.832. The summed E-state index contributed by atoms with van der Waals surface area (Å²) in [5.41, 5.74) is 8.03. The Labute approximate surface area is 182 Å². The molecule has 30 heavy (non-hydrogen) atoms. The Balaban J connectivity index is 2.23. The van der Waals surface area contributed by atoms with Crippen molar-refractivity contribution in [2.75, 3.05) is 7.11 Å². The first kappa shape index (κ1) is 22.1. The van der Waals surface area contributed by atoms with E-state index in [0.29, 0.717) is 23.2 Å². The number of rotatable bonds is 7. The Morgan fingerprint density at radius 3 is 2.17 bits per heavy atom. The van der Waals surface area contributed by atoms with Gasteiger partial charge in [-0.25, -0.2) is 4.98 Å². The zero-order valence-electron chi connectivity index (χ0n) is 17.8. The molecule has 1 amide bonds. The summed E-state index contributed by atoms with van der Waals surface area (Å²) in [6, 6.07) is 19.8. The van der Waals surface area contributed by atoms with Crippen LogP contribution in [0.3, 0.4) is 0 Å². The van der Waals surface area contributed by atoms with Gasteiger partial charge in [-0.3, -0.25) is 4.79 Å². The van der Waals surface area contributed by atoms with Gasteiger partial charge in [-0.2, -0.15) is 0 Å². The summed E-state index contributed by atoms with van der Waals surface area (Å²) < 4.78 is 7.51. The Hall–Kier alpha value is -2.63. The molecule has 0 spiro atoms. The molecule has 0 radical (unpaired) electrons. The number of hydrogen-bond donors (Lipinski definition) is 1. The van der Waals surface area contributed by atoms with Crippen molar-refractivity contribution in [1.82, 2.24) is 9.55 Å². The van der Waals surface area contributed by atoms with Gasteiger partial charge in [-0.15, -0.1) is 0 Å². The molecule has 1 unspecified atom stereocenters. The molecular weight excluding hydrogens is 398 g/mol. The standard InChI is InChI=1S/C24H28ClN3O2/c1-24(2,3)18(20(30-4)22(26)29)23-27-19(17-13-9-6-10-14-17)21(25)28(23)15-16-11-7-5-8-12-16/h5-14,18,20H,15H2,1-4H3,(H2,26,29)/t18-,20?/m0/s1. The molecule has 0 aliphatic heterocycles. The molecule has 2 atom stereocenters. The van der Waals surface area contributed by atoms with E-state index in [4.69, 9.17) is 27.1 Å². The van der Waals surface area contributed by atoms with Crippen LogP contribution in [-0.2, 0) is 16.1 Å². The maximum Gasteiger partial charge on any atom is 0.247 e. The highest BCUT2D eigenvalue weighted by Gasteiger charge is 2.41. The molecule has 0 bridgehead atoms. The van der Waals surface area contributed by atoms with Crippen LogP contribution in [-0.4, -0.2) is 28.7 Å². The molecule has 158 valence electrons. The van der Waals surface area contributed by atoms with Crippen molar-refractivity contribution in [3.05, 3.63) is 77.2 Å². The number of methoxy groups -OCH3 is 1. The third kappa shape index (κ3) is 4.58. The molecule has 3 aromatic rings. The second-order valence-corrected chi connectivity index (χ2v) is 8.81. The average Bonchev–Trinajstić information content (AvgIpc) is 3.02. The third-order valence-electron chi connectivity index (χ3n) is 5.21. The molecule has 0 aliphatic rings. The number of carbonyl (C=O) groups excluding carboxylic acids is 1. The van der Waals surface area contributed by atoms with E-state index in [1.807, 2.05) is 86.0 Å². The van der Waals surface area contributed by atoms with Crippen molar-refractivity contribution in [3.63, 3.8) is 0 Å². The monoisotopic (exact) mass is 425 g/mol. The number of aromatic nitrogens is 2. The summed E-state index contributed by atoms with van der Waals surface area (Å²) in [6.45, 7) is 6.66. The predicted octanol–water partition coefficient (Wildman–Crippen LogP) is 4.88. The SMILES string of the molecule is COC(C(N)=O)[C@@H](c1nc(-c2ccccc2)c(Cl)n1Cc1ccccc1)C(C)(C)C. The number of benzene rings is 2. The largest absolute Gasteiger partial charge is 0.371 e. The number of primary amides is 1. The number of nitrogens with two attached hydrogens (primary N) is 1. The van der Waals surface area contributed by atoms with E-state index in [0.717, 1.165) is 11.1 Å². The van der Waals surface area contributed by atoms with Crippen molar-refractivity contribution in [2.45, 2.75) is 39.3 Å². The number of imidazole rings is 1. The predicted molar refractivity (Wildman–Crippen MR) is 120 cm³/mol. The average molecular weight is 426 g/mol. The molecule has 0 saturated heterocycles. The van der Waals surface area contributed by atoms with E-state index in [9.17, 15) is 4.79 Å². The van der Waals surface area contributed by atoms with Crippen LogP contribution in [0.1, 0.15) is 38.1 Å². The van der Waals surface area contributed by atoms with Gasteiger partial charge in [0.15, 0.2) is 0 Å². The quantitative estimate of drug-likeness (QED) is 0.586. The molecule has 5 nitrogen and oxygen atoms in total. The zero-order valence-corrected chi connectivity index (χ0v) is 18.6. The maximum atomic E-state index is 12.3. The minimum atomic E-state index is -0.832. The van der Waals surface area contributed by atoms with E-state index in [1.165, 1.54) is 7.11 Å². The number of carbonyl (C=O) groups is 1. The fourth-order valence-corrected chi connectivity index (χ4v) is 4.07. The summed E-state index contributed by atoms with van der Waals surface area (Å²) in [7, 11) is 1.50. The number of nitrogens with zero attached hydrogens (tertiary/aromatic N) is 2. The number of ether oxygens (including phenoxy) is 1. The summed E-state index contributed by atoms with van der Waals surface area (Å²) in [5.74, 6) is -0.233. The molecule has 0 saturated carbocycles. The van der Waals surface area contributed by atoms with Crippen LogP contribution in [0.25, 0.3) is 11.3 Å². The molecule has 3 rings (SSSR count). The van der Waals surface area contributed by atoms with Crippen molar-refractivity contribution in [3.8, 4) is 11.3 Å². The molecule has 2 N–H and O–H groups in total. The van der Waals surface area contributed by atoms with Crippen LogP contribution in [0.2, 0.25) is 5.15 Å². The fraction of sp³-hybridized carbons (Fsp3) is 0.333. The van der Waals surface area contributed by atoms with Crippen molar-refractivity contribution in [2.24, 2.45) is 11.1 Å². The summed E-state index contributed by atoms with van der Waals surface area (Å²) >= 11 is 6.88. The van der Waals surface area contributed by atoms with Gasteiger partial charge in [0.05, 0.1) is 12.5 Å². The van der Waals surface area contributed by atoms with Crippen LogP contribution in [0, 0.1) is 5.41 Å². The number of halogens is 1. The Morgan fingerprint density at radius 1 is 1.10 bits per heavy atom. The van der Waals surface area contributed by atoms with Gasteiger partial charge in [0.1, 0.15) is 22.8 Å². The Kier molecular flexibility index (Phi) is 6.64. The first-order valence-corrected chi connectivity index (χ1v) is 10.3. The Bertz CT molecular complexity index is 995. The van der Waals surface area contributed by atoms with E-state index < -0.39 is 17.9 Å². The summed E-state index contributed by atoms with van der Waals surface area (Å²) in [4.78, 5) is 17.2. The first-order chi connectivity index (χ1) is 14.2. The second-order valence-electron chi connectivity index (χ2n) is 8.45. The van der Waals surface area contributed by atoms with Crippen LogP contribution in [0.4, 0.5) is 0 Å². The Morgan fingerprint density at radius 2 is 1.67 bits per heavy atom. The van der Waals surface area contributed by atoms with Gasteiger partial charge in [-0.1, -0.05) is 93.0 Å². The van der Waals surface area contributed by atoms with E-state index in [1.54, 1.807) is 0 Å². The molecule has 6 heteroatoms. The summed E-state index contributed by atoms with van der Waals surface area (Å²) in [5, 5.41) is 0.522. The lowest BCUT2D eigenvalue weighted by atomic mass is 9.76. The van der Waals surface area contributed by atoms with Crippen molar-refractivity contribution in [1.29, 1.82) is 0 Å². The zero-order chi connectivity index (χ0) is 21.9. The van der Waals surface area contributed by atoms with Crippen LogP contribution in [0.15, 0.2) is 60.7 Å². The third-order valence-corrected chi connectivity index (χ3v) is 5.60. The molecule has 0 aliphatic carbocycles. The topological polar surface area (TPSA) is 70.1 Å². The molecule has 1 heterocycles. The highest BCUT2D eigenvalue weighted by molar-refractivity contribution is 6.32. The van der Waals surface area contributed by atoms with E-state index in [2.05, 4.69) is 0 Å². The van der Waals surface area contributed by atoms with Gasteiger partial charge < -0.3 is 15.0 Å². The highest BCUT2D eigenvalue weighted by atomic mass is 35.5. The van der Waals surface area contributed by atoms with Gasteiger partial charge in [0, 0.05) is 12.7 Å². The lowest BCUT2D eigenvalue weighted by molar-refractivity contribution is -0.131. The fourth-order valence-electron chi connectivity index (χ4n) is 3.78. The van der Waals surface area contributed by atoms with E-state index >= 15 is 0 Å². The van der Waals surface area contributed by atoms with Gasteiger partial charge in [0.2, 0.25) is 5.91 Å². The smallest absolute Gasteiger partial charge is 0.247 e. The van der Waals surface area contributed by atoms with Crippen molar-refractivity contribution < 1.29 is 9.53 Å². The normalized spacial score (nSPS) is 13.8. The second kappa shape index (κ2) is 9.02. The van der Waals surface area contributed by atoms with Gasteiger partial charge in [0.25, 0.3) is 0 Å². The minimum Gasteiger partial charge on any atom is -0.371 e. The number of hydrogen-bond acceptors (Lipinski definition) is 3. The van der Waals surface area contributed by atoms with Gasteiger partial charge >= 0.3 is 0 Å². The van der Waals surface area contributed by atoms with Crippen LogP contribution >= 0.6 is 11.6 Å².